The van der Waals surface area contributed by atoms with Crippen LogP contribution in [0.1, 0.15) is 13.8 Å². The van der Waals surface area contributed by atoms with Gasteiger partial charge in [0.25, 0.3) is 0 Å². The van der Waals surface area contributed by atoms with E-state index in [2.05, 4.69) is 6.58 Å². The topological polar surface area (TPSA) is 47.7 Å². The molecule has 2 unspecified atom stereocenters. The highest BCUT2D eigenvalue weighted by molar-refractivity contribution is 4.71. The Labute approximate surface area is 48.8 Å². The fourth-order valence-corrected chi connectivity index (χ4v) is 0.357. The molecule has 0 aliphatic rings. The number of hydrogen-bond acceptors (Lipinski definition) is 2. The summed E-state index contributed by atoms with van der Waals surface area (Å²) in [6.45, 7) is 6.37. The van der Waals surface area contributed by atoms with E-state index in [4.69, 9.17) is 5.11 Å². The lowest BCUT2D eigenvalue weighted by atomic mass is 10.5. The summed E-state index contributed by atoms with van der Waals surface area (Å²) < 4.78 is 0. The molecule has 0 heterocycles. The van der Waals surface area contributed by atoms with E-state index < -0.39 is 6.23 Å². The van der Waals surface area contributed by atoms with Crippen LogP contribution in [0.4, 0.5) is 0 Å². The molecular formula is C5H11NO2. The van der Waals surface area contributed by atoms with Crippen LogP contribution in [-0.2, 0) is 0 Å². The minimum absolute atomic E-state index is 0.287. The number of rotatable bonds is 2. The standard InChI is InChI=1S/C5H11NO2/c1-4(2)6(8)5(3)7/h5-7H,1H2,2-3H3. The summed E-state index contributed by atoms with van der Waals surface area (Å²) in [6.07, 6.45) is -0.896. The molecule has 0 aromatic heterocycles. The number of aliphatic hydroxyl groups is 1. The van der Waals surface area contributed by atoms with Crippen LogP contribution >= 0.6 is 0 Å². The van der Waals surface area contributed by atoms with Crippen molar-refractivity contribution < 1.29 is 10.2 Å². The second-order valence-corrected chi connectivity index (χ2v) is 1.82. The third-order valence-electron chi connectivity index (χ3n) is 0.800. The van der Waals surface area contributed by atoms with Crippen LogP contribution < -0.4 is 5.06 Å². The maximum Gasteiger partial charge on any atom is 0.190 e. The summed E-state index contributed by atoms with van der Waals surface area (Å²) in [6, 6.07) is 0. The van der Waals surface area contributed by atoms with Gasteiger partial charge >= 0.3 is 0 Å². The Balaban J connectivity index is 3.64. The zero-order valence-corrected chi connectivity index (χ0v) is 5.14. The number of allylic oxidation sites excluding steroid dienone is 1. The second kappa shape index (κ2) is 2.81. The van der Waals surface area contributed by atoms with E-state index >= 15 is 0 Å². The molecule has 48 valence electrons. The first-order valence-electron chi connectivity index (χ1n) is 2.43. The van der Waals surface area contributed by atoms with E-state index in [1.807, 2.05) is 0 Å². The van der Waals surface area contributed by atoms with Gasteiger partial charge in [0, 0.05) is 13.8 Å². The van der Waals surface area contributed by atoms with Crippen molar-refractivity contribution >= 4 is 0 Å². The van der Waals surface area contributed by atoms with Crippen molar-refractivity contribution in [3.05, 3.63) is 17.5 Å². The zero-order chi connectivity index (χ0) is 6.73. The van der Waals surface area contributed by atoms with Crippen molar-refractivity contribution in [1.29, 1.82) is 0 Å². The summed E-state index contributed by atoms with van der Waals surface area (Å²) in [5.41, 5.74) is 0.403. The molecule has 8 heavy (non-hydrogen) atoms. The number of hydroxylamine groups is 2. The molecule has 0 aliphatic heterocycles. The van der Waals surface area contributed by atoms with Crippen LogP contribution in [0, 0.1) is 5.21 Å². The Morgan fingerprint density at radius 2 is 2.25 bits per heavy atom. The first-order chi connectivity index (χ1) is 3.55. The molecule has 0 bridgehead atoms. The van der Waals surface area contributed by atoms with Crippen molar-refractivity contribution in [2.75, 3.05) is 0 Å². The number of quaternary nitrogens is 1. The Kier molecular flexibility index (Phi) is 2.68. The molecule has 2 atom stereocenters. The van der Waals surface area contributed by atoms with E-state index in [0.717, 1.165) is 0 Å². The molecule has 0 spiro atoms. The maximum atomic E-state index is 10.5. The Morgan fingerprint density at radius 3 is 2.25 bits per heavy atom. The van der Waals surface area contributed by atoms with Gasteiger partial charge in [-0.3, -0.25) is 0 Å². The predicted octanol–water partition coefficient (Wildman–Crippen LogP) is -0.759. The van der Waals surface area contributed by atoms with Crippen molar-refractivity contribution in [2.45, 2.75) is 20.1 Å². The summed E-state index contributed by atoms with van der Waals surface area (Å²) in [4.78, 5) is 0. The van der Waals surface area contributed by atoms with Crippen molar-refractivity contribution in [3.63, 3.8) is 0 Å². The molecule has 0 saturated heterocycles. The molecule has 0 rings (SSSR count). The van der Waals surface area contributed by atoms with E-state index in [1.165, 1.54) is 6.92 Å². The van der Waals surface area contributed by atoms with Crippen LogP contribution in [0.15, 0.2) is 12.3 Å². The molecule has 0 amide bonds. The smallest absolute Gasteiger partial charge is 0.190 e. The summed E-state index contributed by atoms with van der Waals surface area (Å²) in [5.74, 6) is 0. The van der Waals surface area contributed by atoms with Crippen molar-refractivity contribution in [2.24, 2.45) is 0 Å². The predicted molar refractivity (Wildman–Crippen MR) is 30.8 cm³/mol. The summed E-state index contributed by atoms with van der Waals surface area (Å²) in [7, 11) is 0. The largest absolute Gasteiger partial charge is 0.627 e. The molecule has 0 aliphatic carbocycles. The van der Waals surface area contributed by atoms with E-state index in [1.54, 1.807) is 6.92 Å². The third-order valence-corrected chi connectivity index (χ3v) is 0.800. The molecular weight excluding hydrogens is 106 g/mol. The third kappa shape index (κ3) is 2.07. The number of nitrogens with one attached hydrogen (secondary N) is 1. The van der Waals surface area contributed by atoms with Gasteiger partial charge in [0.15, 0.2) is 6.23 Å². The van der Waals surface area contributed by atoms with Gasteiger partial charge in [0.2, 0.25) is 0 Å². The minimum atomic E-state index is -0.896. The highest BCUT2D eigenvalue weighted by atomic mass is 16.5. The molecule has 0 radical (unpaired) electrons. The highest BCUT2D eigenvalue weighted by Crippen LogP contribution is 1.70. The van der Waals surface area contributed by atoms with Gasteiger partial charge in [0.1, 0.15) is 0 Å². The highest BCUT2D eigenvalue weighted by Gasteiger charge is 2.02. The molecule has 0 aromatic rings. The molecule has 0 saturated carbocycles. The Bertz CT molecular complexity index is 90.4. The SMILES string of the molecule is C=C(C)[NH+]([O-])C(C)O. The molecule has 2 N–H and O–H groups in total. The quantitative estimate of drug-likeness (QED) is 0.369. The van der Waals surface area contributed by atoms with Gasteiger partial charge in [-0.1, -0.05) is 0 Å². The van der Waals surface area contributed by atoms with Gasteiger partial charge in [-0.15, -0.1) is 0 Å². The van der Waals surface area contributed by atoms with Gasteiger partial charge in [-0.2, -0.15) is 0 Å². The monoisotopic (exact) mass is 117 g/mol. The van der Waals surface area contributed by atoms with Crippen molar-refractivity contribution in [3.8, 4) is 0 Å². The van der Waals surface area contributed by atoms with Crippen LogP contribution in [-0.4, -0.2) is 11.3 Å². The molecule has 0 fully saturated rings. The fourth-order valence-electron chi connectivity index (χ4n) is 0.357. The zero-order valence-electron chi connectivity index (χ0n) is 5.14. The van der Waals surface area contributed by atoms with Gasteiger partial charge < -0.3 is 15.4 Å². The average molecular weight is 117 g/mol. The lowest BCUT2D eigenvalue weighted by molar-refractivity contribution is -0.859. The Morgan fingerprint density at radius 1 is 1.88 bits per heavy atom. The molecule has 3 heteroatoms. The lowest BCUT2D eigenvalue weighted by Gasteiger charge is -2.23. The maximum absolute atomic E-state index is 10.5. The number of hydrogen-bond donors (Lipinski definition) is 2. The van der Waals surface area contributed by atoms with Crippen LogP contribution in [0.2, 0.25) is 0 Å². The molecule has 3 nitrogen and oxygen atoms in total. The summed E-state index contributed by atoms with van der Waals surface area (Å²) in [5, 5.41) is 18.8. The minimum Gasteiger partial charge on any atom is -0.627 e. The lowest BCUT2D eigenvalue weighted by Crippen LogP contribution is -3.08. The first-order valence-corrected chi connectivity index (χ1v) is 2.43. The van der Waals surface area contributed by atoms with Gasteiger partial charge in [-0.25, -0.2) is 0 Å². The van der Waals surface area contributed by atoms with Crippen molar-refractivity contribution in [1.82, 2.24) is 0 Å². The normalized spacial score (nSPS) is 17.5. The van der Waals surface area contributed by atoms with Crippen LogP contribution in [0.5, 0.6) is 0 Å². The van der Waals surface area contributed by atoms with Crippen LogP contribution in [0.25, 0.3) is 0 Å². The fraction of sp³-hybridized carbons (Fsp3) is 0.600. The second-order valence-electron chi connectivity index (χ2n) is 1.82. The summed E-state index contributed by atoms with van der Waals surface area (Å²) >= 11 is 0. The average Bonchev–Trinajstić information content (AvgIpc) is 1.64. The first kappa shape index (κ1) is 7.62. The molecule has 0 aromatic carbocycles. The van der Waals surface area contributed by atoms with Crippen LogP contribution in [0.3, 0.4) is 0 Å². The van der Waals surface area contributed by atoms with E-state index in [0.29, 0.717) is 5.70 Å². The van der Waals surface area contributed by atoms with Gasteiger partial charge in [-0.05, 0) is 6.58 Å². The van der Waals surface area contributed by atoms with Gasteiger partial charge in [0.05, 0.1) is 5.70 Å². The number of aliphatic hydroxyl groups excluding tert-OH is 1. The Hall–Kier alpha value is -0.380. The van der Waals surface area contributed by atoms with E-state index in [-0.39, 0.29) is 5.06 Å². The van der Waals surface area contributed by atoms with E-state index in [9.17, 15) is 5.21 Å².